The van der Waals surface area contributed by atoms with Crippen molar-refractivity contribution in [2.45, 2.75) is 38.0 Å². The molecule has 3 aromatic rings. The molecule has 0 saturated heterocycles. The summed E-state index contributed by atoms with van der Waals surface area (Å²) >= 11 is 0. The molecule has 1 heterocycles. The molecule has 29 heavy (non-hydrogen) atoms. The van der Waals surface area contributed by atoms with E-state index in [0.717, 1.165) is 5.56 Å². The quantitative estimate of drug-likeness (QED) is 0.676. The number of rotatable bonds is 5. The summed E-state index contributed by atoms with van der Waals surface area (Å²) in [5, 5.41) is 10.3. The van der Waals surface area contributed by atoms with Crippen molar-refractivity contribution in [3.8, 4) is 11.5 Å². The molecule has 152 valence electrons. The second-order valence-electron chi connectivity index (χ2n) is 7.62. The standard InChI is InChI=1S/C21H23N3O4S/c1-5-29(26,27)17-12-8-15(9-13-17)19-23-24-20(28-19)22-18(25)14-6-10-16(11-7-14)21(2,3)4/h6-13H,5H2,1-4H3,(H,22,24,25). The van der Waals surface area contributed by atoms with Crippen LogP contribution in [0.4, 0.5) is 6.01 Å². The molecule has 0 aliphatic carbocycles. The predicted octanol–water partition coefficient (Wildman–Crippen LogP) is 4.08. The monoisotopic (exact) mass is 413 g/mol. The molecule has 0 spiro atoms. The molecule has 0 atom stereocenters. The van der Waals surface area contributed by atoms with E-state index in [1.807, 2.05) is 12.1 Å². The molecule has 1 N–H and O–H groups in total. The second-order valence-corrected chi connectivity index (χ2v) is 9.90. The highest BCUT2D eigenvalue weighted by Crippen LogP contribution is 2.24. The summed E-state index contributed by atoms with van der Waals surface area (Å²) in [6, 6.07) is 13.5. The maximum atomic E-state index is 12.4. The maximum absolute atomic E-state index is 12.4. The fraction of sp³-hybridized carbons (Fsp3) is 0.286. The van der Waals surface area contributed by atoms with Gasteiger partial charge in [0, 0.05) is 11.1 Å². The van der Waals surface area contributed by atoms with Gasteiger partial charge in [-0.3, -0.25) is 10.1 Å². The topological polar surface area (TPSA) is 102 Å². The van der Waals surface area contributed by atoms with Gasteiger partial charge in [-0.05, 0) is 47.4 Å². The van der Waals surface area contributed by atoms with Crippen LogP contribution in [-0.4, -0.2) is 30.3 Å². The highest BCUT2D eigenvalue weighted by molar-refractivity contribution is 7.91. The van der Waals surface area contributed by atoms with E-state index in [2.05, 4.69) is 36.3 Å². The first-order chi connectivity index (χ1) is 13.6. The fourth-order valence-corrected chi connectivity index (χ4v) is 3.54. The molecule has 0 radical (unpaired) electrons. The van der Waals surface area contributed by atoms with E-state index in [-0.39, 0.29) is 33.9 Å². The molecule has 1 amide bonds. The molecule has 0 bridgehead atoms. The van der Waals surface area contributed by atoms with Crippen LogP contribution in [0.25, 0.3) is 11.5 Å². The van der Waals surface area contributed by atoms with Crippen molar-refractivity contribution < 1.29 is 17.6 Å². The number of amides is 1. The average Bonchev–Trinajstić information content (AvgIpc) is 3.16. The van der Waals surface area contributed by atoms with Crippen molar-refractivity contribution in [2.24, 2.45) is 0 Å². The Bertz CT molecular complexity index is 1110. The van der Waals surface area contributed by atoms with Gasteiger partial charge in [-0.2, -0.15) is 0 Å². The van der Waals surface area contributed by atoms with Gasteiger partial charge in [0.1, 0.15) is 0 Å². The largest absolute Gasteiger partial charge is 0.403 e. The zero-order chi connectivity index (χ0) is 21.2. The van der Waals surface area contributed by atoms with Crippen molar-refractivity contribution in [2.75, 3.05) is 11.1 Å². The lowest BCUT2D eigenvalue weighted by Gasteiger charge is -2.18. The summed E-state index contributed by atoms with van der Waals surface area (Å²) in [5.41, 5.74) is 2.17. The SMILES string of the molecule is CCS(=O)(=O)c1ccc(-c2nnc(NC(=O)c3ccc(C(C)(C)C)cc3)o2)cc1. The van der Waals surface area contributed by atoms with Gasteiger partial charge in [-0.25, -0.2) is 8.42 Å². The van der Waals surface area contributed by atoms with E-state index >= 15 is 0 Å². The lowest BCUT2D eigenvalue weighted by atomic mass is 9.87. The van der Waals surface area contributed by atoms with Gasteiger partial charge < -0.3 is 4.42 Å². The van der Waals surface area contributed by atoms with Gasteiger partial charge in [0.2, 0.25) is 5.89 Å². The number of carbonyl (C=O) groups excluding carboxylic acids is 1. The Kier molecular flexibility index (Phi) is 5.57. The molecule has 0 fully saturated rings. The van der Waals surface area contributed by atoms with Crippen LogP contribution in [0, 0.1) is 0 Å². The molecular weight excluding hydrogens is 390 g/mol. The predicted molar refractivity (Wildman–Crippen MR) is 111 cm³/mol. The molecule has 2 aromatic carbocycles. The molecule has 1 aromatic heterocycles. The minimum atomic E-state index is -3.27. The number of sulfone groups is 1. The molecule has 0 aliphatic rings. The van der Waals surface area contributed by atoms with Crippen LogP contribution in [-0.2, 0) is 15.3 Å². The van der Waals surface area contributed by atoms with Crippen molar-refractivity contribution in [3.63, 3.8) is 0 Å². The van der Waals surface area contributed by atoms with Gasteiger partial charge in [-0.1, -0.05) is 44.9 Å². The first-order valence-electron chi connectivity index (χ1n) is 9.19. The van der Waals surface area contributed by atoms with Crippen molar-refractivity contribution in [3.05, 3.63) is 59.7 Å². The molecule has 0 unspecified atom stereocenters. The summed E-state index contributed by atoms with van der Waals surface area (Å²) in [5.74, 6) is -0.145. The smallest absolute Gasteiger partial charge is 0.322 e. The summed E-state index contributed by atoms with van der Waals surface area (Å²) < 4.78 is 29.3. The highest BCUT2D eigenvalue weighted by atomic mass is 32.2. The minimum Gasteiger partial charge on any atom is -0.403 e. The average molecular weight is 413 g/mol. The number of nitrogens with one attached hydrogen (secondary N) is 1. The van der Waals surface area contributed by atoms with Gasteiger partial charge in [-0.15, -0.1) is 5.10 Å². The maximum Gasteiger partial charge on any atom is 0.322 e. The fourth-order valence-electron chi connectivity index (χ4n) is 2.65. The van der Waals surface area contributed by atoms with Crippen LogP contribution in [0.15, 0.2) is 57.8 Å². The summed E-state index contributed by atoms with van der Waals surface area (Å²) in [7, 11) is -3.27. The van der Waals surface area contributed by atoms with Crippen molar-refractivity contribution in [1.82, 2.24) is 10.2 Å². The van der Waals surface area contributed by atoms with E-state index in [1.165, 1.54) is 12.1 Å². The Morgan fingerprint density at radius 1 is 1.00 bits per heavy atom. The van der Waals surface area contributed by atoms with Crippen molar-refractivity contribution in [1.29, 1.82) is 0 Å². The lowest BCUT2D eigenvalue weighted by molar-refractivity contribution is 0.102. The first-order valence-corrected chi connectivity index (χ1v) is 10.8. The third-order valence-corrected chi connectivity index (χ3v) is 6.25. The minimum absolute atomic E-state index is 0.00239. The lowest BCUT2D eigenvalue weighted by Crippen LogP contribution is -2.14. The molecule has 0 aliphatic heterocycles. The van der Waals surface area contributed by atoms with Crippen LogP contribution >= 0.6 is 0 Å². The summed E-state index contributed by atoms with van der Waals surface area (Å²) in [6.45, 7) is 7.90. The third kappa shape index (κ3) is 4.71. The number of nitrogens with zero attached hydrogens (tertiary/aromatic N) is 2. The van der Waals surface area contributed by atoms with Gasteiger partial charge in [0.05, 0.1) is 10.6 Å². The molecule has 7 nitrogen and oxygen atoms in total. The van der Waals surface area contributed by atoms with E-state index in [4.69, 9.17) is 4.42 Å². The number of carbonyl (C=O) groups is 1. The Morgan fingerprint density at radius 2 is 1.62 bits per heavy atom. The van der Waals surface area contributed by atoms with E-state index in [9.17, 15) is 13.2 Å². The van der Waals surface area contributed by atoms with Crippen LogP contribution in [0.2, 0.25) is 0 Å². The van der Waals surface area contributed by atoms with E-state index in [0.29, 0.717) is 11.1 Å². The number of aromatic nitrogens is 2. The van der Waals surface area contributed by atoms with Gasteiger partial charge >= 0.3 is 6.01 Å². The zero-order valence-electron chi connectivity index (χ0n) is 16.8. The van der Waals surface area contributed by atoms with Gasteiger partial charge in [0.25, 0.3) is 5.91 Å². The third-order valence-electron chi connectivity index (χ3n) is 4.50. The summed E-state index contributed by atoms with van der Waals surface area (Å²) in [4.78, 5) is 12.6. The molecule has 3 rings (SSSR count). The van der Waals surface area contributed by atoms with E-state index in [1.54, 1.807) is 31.2 Å². The number of hydrogen-bond donors (Lipinski definition) is 1. The molecular formula is C21H23N3O4S. The number of hydrogen-bond acceptors (Lipinski definition) is 6. The van der Waals surface area contributed by atoms with E-state index < -0.39 is 9.84 Å². The zero-order valence-corrected chi connectivity index (χ0v) is 17.6. The Hall–Kier alpha value is -3.00. The Labute approximate surface area is 170 Å². The van der Waals surface area contributed by atoms with Crippen LogP contribution in [0.3, 0.4) is 0 Å². The van der Waals surface area contributed by atoms with Gasteiger partial charge in [0.15, 0.2) is 9.84 Å². The summed E-state index contributed by atoms with van der Waals surface area (Å²) in [6.07, 6.45) is 0. The van der Waals surface area contributed by atoms with Crippen LogP contribution in [0.5, 0.6) is 0 Å². The van der Waals surface area contributed by atoms with Crippen molar-refractivity contribution >= 4 is 21.8 Å². The first kappa shape index (κ1) is 20.7. The van der Waals surface area contributed by atoms with Crippen LogP contribution < -0.4 is 5.32 Å². The highest BCUT2D eigenvalue weighted by Gasteiger charge is 2.17. The van der Waals surface area contributed by atoms with Crippen LogP contribution in [0.1, 0.15) is 43.6 Å². The second kappa shape index (κ2) is 7.79. The number of anilines is 1. The Balaban J connectivity index is 1.72. The normalized spacial score (nSPS) is 12.0. The molecule has 8 heteroatoms. The number of benzene rings is 2. The molecule has 0 saturated carbocycles. The Morgan fingerprint density at radius 3 is 2.17 bits per heavy atom.